The molecule has 2 saturated heterocycles. The summed E-state index contributed by atoms with van der Waals surface area (Å²) in [6.07, 6.45) is 3.04. The molecule has 3 heterocycles. The van der Waals surface area contributed by atoms with Gasteiger partial charge in [0.1, 0.15) is 17.7 Å². The van der Waals surface area contributed by atoms with E-state index in [1.165, 1.54) is 13.1 Å². The van der Waals surface area contributed by atoms with Crippen LogP contribution in [0.15, 0.2) is 36.0 Å². The number of imide groups is 1. The van der Waals surface area contributed by atoms with Crippen LogP contribution in [0.25, 0.3) is 0 Å². The Bertz CT molecular complexity index is 943. The number of anilines is 1. The van der Waals surface area contributed by atoms with Crippen molar-refractivity contribution in [2.45, 2.75) is 25.9 Å². The molecule has 2 atom stereocenters. The third-order valence-corrected chi connectivity index (χ3v) is 6.62. The summed E-state index contributed by atoms with van der Waals surface area (Å²) in [5, 5.41) is 0. The van der Waals surface area contributed by atoms with Crippen LogP contribution in [-0.2, 0) is 9.59 Å². The van der Waals surface area contributed by atoms with Gasteiger partial charge in [-0.2, -0.15) is 0 Å². The number of hydrogen-bond donors (Lipinski definition) is 0. The maximum atomic E-state index is 14.1. The molecule has 9 heteroatoms. The second-order valence-electron chi connectivity index (χ2n) is 8.56. The third-order valence-electron chi connectivity index (χ3n) is 6.62. The van der Waals surface area contributed by atoms with E-state index in [0.29, 0.717) is 44.1 Å². The summed E-state index contributed by atoms with van der Waals surface area (Å²) in [5.74, 6) is -1.25. The van der Waals surface area contributed by atoms with Crippen LogP contribution in [0.3, 0.4) is 0 Å². The second kappa shape index (κ2) is 8.80. The molecule has 4 rings (SSSR count). The van der Waals surface area contributed by atoms with Crippen LogP contribution >= 0.6 is 0 Å². The number of piperazine rings is 1. The second-order valence-corrected chi connectivity index (χ2v) is 8.56. The first kappa shape index (κ1) is 22.1. The smallest absolute Gasteiger partial charge is 0.327 e. The summed E-state index contributed by atoms with van der Waals surface area (Å²) in [6.45, 7) is 4.65. The summed E-state index contributed by atoms with van der Waals surface area (Å²) in [4.78, 5) is 47.1. The Morgan fingerprint density at radius 3 is 2.44 bits per heavy atom. The molecule has 0 saturated carbocycles. The fourth-order valence-electron chi connectivity index (χ4n) is 4.80. The zero-order valence-corrected chi connectivity index (χ0v) is 18.8. The van der Waals surface area contributed by atoms with Crippen molar-refractivity contribution in [1.82, 2.24) is 19.6 Å². The van der Waals surface area contributed by atoms with Crippen LogP contribution in [0.2, 0.25) is 0 Å². The summed E-state index contributed by atoms with van der Waals surface area (Å²) in [6, 6.07) is 6.29. The van der Waals surface area contributed by atoms with Gasteiger partial charge in [0.2, 0.25) is 5.91 Å². The third kappa shape index (κ3) is 3.69. The molecule has 0 aliphatic carbocycles. The van der Waals surface area contributed by atoms with Crippen LogP contribution in [-0.4, -0.2) is 90.4 Å². The fourth-order valence-corrected chi connectivity index (χ4v) is 4.80. The van der Waals surface area contributed by atoms with Gasteiger partial charge in [0.15, 0.2) is 0 Å². The van der Waals surface area contributed by atoms with Crippen LogP contribution < -0.4 is 4.90 Å². The van der Waals surface area contributed by atoms with Crippen LogP contribution in [0.4, 0.5) is 14.9 Å². The Kier molecular flexibility index (Phi) is 6.08. The molecular weight excluding hydrogens is 413 g/mol. The van der Waals surface area contributed by atoms with E-state index >= 15 is 0 Å². The molecule has 2 unspecified atom stereocenters. The lowest BCUT2D eigenvalue weighted by Crippen LogP contribution is -2.62. The number of para-hydroxylation sites is 1. The Hall–Kier alpha value is -3.10. The van der Waals surface area contributed by atoms with Crippen molar-refractivity contribution in [3.05, 3.63) is 41.9 Å². The minimum atomic E-state index is -0.557. The summed E-state index contributed by atoms with van der Waals surface area (Å²) >= 11 is 0. The van der Waals surface area contributed by atoms with Gasteiger partial charge in [-0.1, -0.05) is 25.5 Å². The number of amides is 4. The van der Waals surface area contributed by atoms with Crippen LogP contribution in [0.1, 0.15) is 19.8 Å². The lowest BCUT2D eigenvalue weighted by Gasteiger charge is -2.43. The van der Waals surface area contributed by atoms with E-state index in [1.807, 2.05) is 9.80 Å². The molecule has 4 amide bonds. The van der Waals surface area contributed by atoms with E-state index in [-0.39, 0.29) is 23.7 Å². The molecule has 32 heavy (non-hydrogen) atoms. The number of urea groups is 1. The molecule has 1 aromatic rings. The number of carbonyl (C=O) groups excluding carboxylic acids is 3. The van der Waals surface area contributed by atoms with Gasteiger partial charge in [-0.25, -0.2) is 9.18 Å². The summed E-state index contributed by atoms with van der Waals surface area (Å²) in [7, 11) is 3.15. The van der Waals surface area contributed by atoms with E-state index in [0.717, 1.165) is 17.7 Å². The Labute approximate surface area is 187 Å². The number of benzene rings is 1. The monoisotopic (exact) mass is 443 g/mol. The average Bonchev–Trinajstić information content (AvgIpc) is 3.19. The van der Waals surface area contributed by atoms with Crippen molar-refractivity contribution >= 4 is 23.5 Å². The van der Waals surface area contributed by atoms with E-state index in [1.54, 1.807) is 41.1 Å². The van der Waals surface area contributed by atoms with Crippen LogP contribution in [0, 0.1) is 11.7 Å². The standard InChI is InChI=1S/C23H30FN5O3/c1-4-5-10-29-19(15-16-20(29)25(2)23(32)26(3)21(16)30)22(31)28-13-11-27(12-14-28)18-9-7-6-8-17(18)24/h6-9,15-16,20H,4-5,10-14H2,1-3H3. The largest absolute Gasteiger partial charge is 0.366 e. The molecule has 0 bridgehead atoms. The highest BCUT2D eigenvalue weighted by molar-refractivity contribution is 6.02. The highest BCUT2D eigenvalue weighted by Gasteiger charge is 2.50. The van der Waals surface area contributed by atoms with Gasteiger partial charge in [0.25, 0.3) is 5.91 Å². The van der Waals surface area contributed by atoms with Gasteiger partial charge in [-0.3, -0.25) is 14.5 Å². The maximum absolute atomic E-state index is 14.1. The molecule has 3 aliphatic heterocycles. The number of halogens is 1. The molecule has 2 fully saturated rings. The Morgan fingerprint density at radius 2 is 1.78 bits per heavy atom. The number of carbonyl (C=O) groups is 3. The average molecular weight is 444 g/mol. The number of rotatable bonds is 5. The molecule has 0 spiro atoms. The molecule has 1 aromatic carbocycles. The Balaban J connectivity index is 1.52. The first-order valence-electron chi connectivity index (χ1n) is 11.2. The minimum absolute atomic E-state index is 0.139. The van der Waals surface area contributed by atoms with E-state index < -0.39 is 12.1 Å². The van der Waals surface area contributed by atoms with Gasteiger partial charge in [-0.05, 0) is 24.6 Å². The molecule has 0 N–H and O–H groups in total. The molecule has 172 valence electrons. The lowest BCUT2D eigenvalue weighted by atomic mass is 10.0. The van der Waals surface area contributed by atoms with Crippen molar-refractivity contribution in [1.29, 1.82) is 0 Å². The van der Waals surface area contributed by atoms with Crippen molar-refractivity contribution in [2.75, 3.05) is 51.7 Å². The van der Waals surface area contributed by atoms with Crippen molar-refractivity contribution in [3.8, 4) is 0 Å². The van der Waals surface area contributed by atoms with Gasteiger partial charge in [0, 0.05) is 46.8 Å². The normalized spacial score (nSPS) is 23.6. The van der Waals surface area contributed by atoms with Gasteiger partial charge in [0.05, 0.1) is 11.6 Å². The number of nitrogens with zero attached hydrogens (tertiary/aromatic N) is 5. The molecule has 0 radical (unpaired) electrons. The highest BCUT2D eigenvalue weighted by atomic mass is 19.1. The first-order valence-corrected chi connectivity index (χ1v) is 11.2. The fraction of sp³-hybridized carbons (Fsp3) is 0.522. The van der Waals surface area contributed by atoms with Crippen molar-refractivity contribution in [3.63, 3.8) is 0 Å². The number of hydrogen-bond acceptors (Lipinski definition) is 5. The van der Waals surface area contributed by atoms with E-state index in [4.69, 9.17) is 0 Å². The highest BCUT2D eigenvalue weighted by Crippen LogP contribution is 2.35. The van der Waals surface area contributed by atoms with Crippen LogP contribution in [0.5, 0.6) is 0 Å². The Morgan fingerprint density at radius 1 is 1.09 bits per heavy atom. The van der Waals surface area contributed by atoms with Gasteiger partial charge in [-0.15, -0.1) is 0 Å². The number of fused-ring (bicyclic) bond motifs is 1. The maximum Gasteiger partial charge on any atom is 0.327 e. The first-order chi connectivity index (χ1) is 15.3. The molecule has 0 aromatic heterocycles. The van der Waals surface area contributed by atoms with Gasteiger partial charge >= 0.3 is 6.03 Å². The quantitative estimate of drug-likeness (QED) is 0.696. The van der Waals surface area contributed by atoms with E-state index in [9.17, 15) is 18.8 Å². The summed E-state index contributed by atoms with van der Waals surface area (Å²) < 4.78 is 14.1. The predicted octanol–water partition coefficient (Wildman–Crippen LogP) is 1.94. The molecular formula is C23H30FN5O3. The molecule has 8 nitrogen and oxygen atoms in total. The minimum Gasteiger partial charge on any atom is -0.366 e. The molecule has 3 aliphatic rings. The van der Waals surface area contributed by atoms with E-state index in [2.05, 4.69) is 6.92 Å². The van der Waals surface area contributed by atoms with Gasteiger partial charge < -0.3 is 19.6 Å². The zero-order chi connectivity index (χ0) is 23.0. The van der Waals surface area contributed by atoms with Crippen molar-refractivity contribution < 1.29 is 18.8 Å². The zero-order valence-electron chi connectivity index (χ0n) is 18.8. The lowest BCUT2D eigenvalue weighted by molar-refractivity contribution is -0.138. The van der Waals surface area contributed by atoms with Crippen molar-refractivity contribution in [2.24, 2.45) is 5.92 Å². The topological polar surface area (TPSA) is 67.4 Å². The summed E-state index contributed by atoms with van der Waals surface area (Å²) in [5.41, 5.74) is 1.03. The predicted molar refractivity (Wildman–Crippen MR) is 118 cm³/mol. The SMILES string of the molecule is CCCCN1C(C(=O)N2CCN(c3ccccc3F)CC2)=CC2C(=O)N(C)C(=O)N(C)C21. The number of unbranched alkanes of at least 4 members (excludes halogenated alkanes) is 1.